The van der Waals surface area contributed by atoms with E-state index in [1.165, 1.54) is 6.92 Å². The SMILES string of the molecule is CC(=O)c1cc(C)nn1-c1ccnc(Cl)c1Br. The molecule has 2 aromatic heterocycles. The van der Waals surface area contributed by atoms with Crippen LogP contribution in [0.4, 0.5) is 0 Å². The highest BCUT2D eigenvalue weighted by atomic mass is 79.9. The van der Waals surface area contributed by atoms with Gasteiger partial charge in [0.05, 0.1) is 15.9 Å². The van der Waals surface area contributed by atoms with Crippen molar-refractivity contribution < 1.29 is 4.79 Å². The maximum Gasteiger partial charge on any atom is 0.178 e. The minimum atomic E-state index is -0.0505. The smallest absolute Gasteiger partial charge is 0.178 e. The first-order valence-electron chi connectivity index (χ1n) is 4.88. The normalized spacial score (nSPS) is 10.6. The number of hydrogen-bond donors (Lipinski definition) is 0. The Morgan fingerprint density at radius 2 is 2.24 bits per heavy atom. The van der Waals surface area contributed by atoms with Crippen molar-refractivity contribution in [2.45, 2.75) is 13.8 Å². The number of nitrogens with zero attached hydrogens (tertiary/aromatic N) is 3. The van der Waals surface area contributed by atoms with Gasteiger partial charge in [-0.2, -0.15) is 5.10 Å². The number of carbonyl (C=O) groups is 1. The molecule has 0 fully saturated rings. The van der Waals surface area contributed by atoms with Gasteiger partial charge in [-0.25, -0.2) is 9.67 Å². The Labute approximate surface area is 112 Å². The maximum absolute atomic E-state index is 11.5. The lowest BCUT2D eigenvalue weighted by Crippen LogP contribution is -2.07. The van der Waals surface area contributed by atoms with Gasteiger partial charge in [0.2, 0.25) is 0 Å². The molecule has 0 unspecified atom stereocenters. The summed E-state index contributed by atoms with van der Waals surface area (Å²) in [6.45, 7) is 3.34. The summed E-state index contributed by atoms with van der Waals surface area (Å²) >= 11 is 9.26. The molecule has 0 saturated heterocycles. The Kier molecular flexibility index (Phi) is 3.31. The molecule has 0 aliphatic heterocycles. The van der Waals surface area contributed by atoms with Gasteiger partial charge in [-0.1, -0.05) is 11.6 Å². The zero-order chi connectivity index (χ0) is 12.6. The average Bonchev–Trinajstić information content (AvgIpc) is 2.64. The first-order chi connectivity index (χ1) is 8.00. The molecule has 0 N–H and O–H groups in total. The summed E-state index contributed by atoms with van der Waals surface area (Å²) in [6, 6.07) is 3.48. The first-order valence-corrected chi connectivity index (χ1v) is 6.06. The predicted octanol–water partition coefficient (Wildman–Crippen LogP) is 3.19. The summed E-state index contributed by atoms with van der Waals surface area (Å²) in [5.74, 6) is -0.0505. The quantitative estimate of drug-likeness (QED) is 0.632. The molecule has 6 heteroatoms. The summed E-state index contributed by atoms with van der Waals surface area (Å²) < 4.78 is 2.18. The lowest BCUT2D eigenvalue weighted by Gasteiger charge is -2.07. The second-order valence-electron chi connectivity index (χ2n) is 3.57. The van der Waals surface area contributed by atoms with Crippen molar-refractivity contribution >= 4 is 33.3 Å². The molecule has 0 saturated carbocycles. The van der Waals surface area contributed by atoms with Crippen LogP contribution in [0, 0.1) is 6.92 Å². The van der Waals surface area contributed by atoms with Gasteiger partial charge in [-0.05, 0) is 35.0 Å². The molecular formula is C11H9BrClN3O. The van der Waals surface area contributed by atoms with Gasteiger partial charge >= 0.3 is 0 Å². The van der Waals surface area contributed by atoms with Gasteiger partial charge in [0.15, 0.2) is 5.78 Å². The Morgan fingerprint density at radius 3 is 2.88 bits per heavy atom. The molecule has 0 radical (unpaired) electrons. The summed E-state index contributed by atoms with van der Waals surface area (Å²) in [5, 5.41) is 4.62. The van der Waals surface area contributed by atoms with Crippen LogP contribution >= 0.6 is 27.5 Å². The third kappa shape index (κ3) is 2.25. The molecule has 0 aliphatic rings. The largest absolute Gasteiger partial charge is 0.293 e. The van der Waals surface area contributed by atoms with Crippen LogP contribution < -0.4 is 0 Å². The van der Waals surface area contributed by atoms with E-state index in [9.17, 15) is 4.79 Å². The number of halogens is 2. The molecule has 4 nitrogen and oxygen atoms in total. The monoisotopic (exact) mass is 313 g/mol. The second-order valence-corrected chi connectivity index (χ2v) is 4.72. The van der Waals surface area contributed by atoms with Crippen molar-refractivity contribution in [3.63, 3.8) is 0 Å². The van der Waals surface area contributed by atoms with Crippen LogP contribution in [0.15, 0.2) is 22.8 Å². The third-order valence-electron chi connectivity index (χ3n) is 2.25. The maximum atomic E-state index is 11.5. The number of hydrogen-bond acceptors (Lipinski definition) is 3. The molecule has 0 aromatic carbocycles. The zero-order valence-corrected chi connectivity index (χ0v) is 11.6. The number of aryl methyl sites for hydroxylation is 1. The highest BCUT2D eigenvalue weighted by Gasteiger charge is 2.15. The summed E-state index contributed by atoms with van der Waals surface area (Å²) in [4.78, 5) is 15.5. The fourth-order valence-corrected chi connectivity index (χ4v) is 2.06. The zero-order valence-electron chi connectivity index (χ0n) is 9.24. The van der Waals surface area contributed by atoms with Gasteiger partial charge in [0.25, 0.3) is 0 Å². The van der Waals surface area contributed by atoms with Crippen LogP contribution in [0.1, 0.15) is 23.1 Å². The molecule has 0 bridgehead atoms. The molecule has 0 amide bonds. The van der Waals surface area contributed by atoms with E-state index in [0.29, 0.717) is 21.0 Å². The van der Waals surface area contributed by atoms with Gasteiger partial charge in [0, 0.05) is 13.1 Å². The highest BCUT2D eigenvalue weighted by Crippen LogP contribution is 2.27. The standard InChI is InChI=1S/C11H9BrClN3O/c1-6-5-9(7(2)17)16(15-6)8-3-4-14-11(13)10(8)12/h3-5H,1-2H3. The number of ketones is 1. The number of Topliss-reactive ketones (excluding diaryl/α,β-unsaturated/α-hetero) is 1. The fourth-order valence-electron chi connectivity index (χ4n) is 1.51. The minimum absolute atomic E-state index is 0.0505. The Bertz CT molecular complexity index is 594. The Hall–Kier alpha value is -1.20. The Morgan fingerprint density at radius 1 is 1.53 bits per heavy atom. The molecule has 88 valence electrons. The molecule has 2 heterocycles. The number of rotatable bonds is 2. The third-order valence-corrected chi connectivity index (χ3v) is 3.54. The summed E-state index contributed by atoms with van der Waals surface area (Å²) in [7, 11) is 0. The van der Waals surface area contributed by atoms with E-state index >= 15 is 0 Å². The first kappa shape index (κ1) is 12.3. The van der Waals surface area contributed by atoms with E-state index in [1.54, 1.807) is 23.0 Å². The molecule has 17 heavy (non-hydrogen) atoms. The van der Waals surface area contributed by atoms with Gasteiger partial charge in [-0.15, -0.1) is 0 Å². The second kappa shape index (κ2) is 4.58. The number of carbonyl (C=O) groups excluding carboxylic acids is 1. The summed E-state index contributed by atoms with van der Waals surface area (Å²) in [5.41, 5.74) is 1.99. The molecule has 2 aromatic rings. The van der Waals surface area contributed by atoms with Gasteiger partial charge in [0.1, 0.15) is 10.8 Å². The molecular weight excluding hydrogens is 305 g/mol. The Balaban J connectivity index is 2.68. The molecule has 0 spiro atoms. The van der Waals surface area contributed by atoms with Crippen LogP contribution in [0.3, 0.4) is 0 Å². The van der Waals surface area contributed by atoms with E-state index in [0.717, 1.165) is 5.69 Å². The van der Waals surface area contributed by atoms with Crippen molar-refractivity contribution in [3.05, 3.63) is 39.3 Å². The van der Waals surface area contributed by atoms with Crippen LogP contribution in [-0.2, 0) is 0 Å². The van der Waals surface area contributed by atoms with E-state index in [2.05, 4.69) is 26.0 Å². The molecule has 0 aliphatic carbocycles. The van der Waals surface area contributed by atoms with Crippen molar-refractivity contribution in [1.29, 1.82) is 0 Å². The van der Waals surface area contributed by atoms with Crippen molar-refractivity contribution in [2.75, 3.05) is 0 Å². The highest BCUT2D eigenvalue weighted by molar-refractivity contribution is 9.10. The molecule has 0 atom stereocenters. The molecule has 2 rings (SSSR count). The minimum Gasteiger partial charge on any atom is -0.293 e. The number of pyridine rings is 1. The lowest BCUT2D eigenvalue weighted by atomic mass is 10.3. The number of aromatic nitrogens is 3. The van der Waals surface area contributed by atoms with Crippen LogP contribution in [0.25, 0.3) is 5.69 Å². The topological polar surface area (TPSA) is 47.8 Å². The predicted molar refractivity (Wildman–Crippen MR) is 68.8 cm³/mol. The van der Waals surface area contributed by atoms with Crippen molar-refractivity contribution in [1.82, 2.24) is 14.8 Å². The van der Waals surface area contributed by atoms with Crippen LogP contribution in [0.5, 0.6) is 0 Å². The van der Waals surface area contributed by atoms with Crippen LogP contribution in [0.2, 0.25) is 5.15 Å². The van der Waals surface area contributed by atoms with E-state index in [1.807, 2.05) is 6.92 Å². The van der Waals surface area contributed by atoms with Gasteiger partial charge < -0.3 is 0 Å². The van der Waals surface area contributed by atoms with Gasteiger partial charge in [-0.3, -0.25) is 4.79 Å². The van der Waals surface area contributed by atoms with E-state index < -0.39 is 0 Å². The average molecular weight is 315 g/mol. The van der Waals surface area contributed by atoms with E-state index in [-0.39, 0.29) is 5.78 Å². The summed E-state index contributed by atoms with van der Waals surface area (Å²) in [6.07, 6.45) is 1.57. The van der Waals surface area contributed by atoms with E-state index in [4.69, 9.17) is 11.6 Å². The fraction of sp³-hybridized carbons (Fsp3) is 0.182. The van der Waals surface area contributed by atoms with Crippen molar-refractivity contribution in [3.8, 4) is 5.69 Å². The lowest BCUT2D eigenvalue weighted by molar-refractivity contribution is 0.101. The van der Waals surface area contributed by atoms with Crippen molar-refractivity contribution in [2.24, 2.45) is 0 Å². The van der Waals surface area contributed by atoms with Crippen LogP contribution in [-0.4, -0.2) is 20.5 Å².